The number of aromatic nitrogens is 1. The van der Waals surface area contributed by atoms with E-state index >= 15 is 0 Å². The van der Waals surface area contributed by atoms with Crippen molar-refractivity contribution in [2.75, 3.05) is 6.54 Å². The summed E-state index contributed by atoms with van der Waals surface area (Å²) < 4.78 is 1.90. The second kappa shape index (κ2) is 4.07. The van der Waals surface area contributed by atoms with Gasteiger partial charge in [-0.25, -0.2) is 4.98 Å². The molecule has 4 heteroatoms. The molecule has 0 aliphatic carbocycles. The minimum atomic E-state index is 0.497. The van der Waals surface area contributed by atoms with Gasteiger partial charge in [0.15, 0.2) is 0 Å². The maximum atomic E-state index is 4.25. The van der Waals surface area contributed by atoms with Crippen LogP contribution in [0, 0.1) is 0 Å². The smallest absolute Gasteiger partial charge is 0.120 e. The third-order valence-electron chi connectivity index (χ3n) is 2.28. The largest absolute Gasteiger partial charge is 0.310 e. The molecule has 2 heterocycles. The minimum absolute atomic E-state index is 0.497. The molecule has 1 aromatic rings. The van der Waals surface area contributed by atoms with Gasteiger partial charge in [-0.2, -0.15) is 0 Å². The Bertz CT molecular complexity index is 308. The zero-order valence-electron chi connectivity index (χ0n) is 7.06. The first-order valence-electron chi connectivity index (χ1n) is 4.31. The van der Waals surface area contributed by atoms with E-state index in [1.165, 1.54) is 18.4 Å². The molecule has 0 amide bonds. The van der Waals surface area contributed by atoms with Gasteiger partial charge in [0.1, 0.15) is 4.60 Å². The number of nitrogens with zero attached hydrogens (tertiary/aromatic N) is 1. The van der Waals surface area contributed by atoms with Crippen molar-refractivity contribution in [1.29, 1.82) is 0 Å². The van der Waals surface area contributed by atoms with E-state index in [9.17, 15) is 0 Å². The molecule has 1 saturated heterocycles. The van der Waals surface area contributed by atoms with Gasteiger partial charge in [0.05, 0.1) is 4.47 Å². The Morgan fingerprint density at radius 2 is 2.31 bits per heavy atom. The SMILES string of the molecule is Brc1cc([C@H]2CCCN2)cnc1Br. The maximum absolute atomic E-state index is 4.25. The van der Waals surface area contributed by atoms with Crippen molar-refractivity contribution in [3.63, 3.8) is 0 Å². The molecule has 1 aliphatic rings. The van der Waals surface area contributed by atoms with Crippen LogP contribution < -0.4 is 5.32 Å². The topological polar surface area (TPSA) is 24.9 Å². The van der Waals surface area contributed by atoms with Crippen LogP contribution in [0.3, 0.4) is 0 Å². The molecule has 0 aromatic carbocycles. The zero-order valence-corrected chi connectivity index (χ0v) is 10.2. The molecule has 2 nitrogen and oxygen atoms in total. The number of pyridine rings is 1. The Labute approximate surface area is 94.4 Å². The fourth-order valence-electron chi connectivity index (χ4n) is 1.60. The molecular formula is C9H10Br2N2. The predicted molar refractivity (Wildman–Crippen MR) is 59.6 cm³/mol. The van der Waals surface area contributed by atoms with Gasteiger partial charge in [0.25, 0.3) is 0 Å². The first-order valence-corrected chi connectivity index (χ1v) is 5.90. The van der Waals surface area contributed by atoms with Crippen LogP contribution in [0.5, 0.6) is 0 Å². The number of hydrogen-bond donors (Lipinski definition) is 1. The van der Waals surface area contributed by atoms with Gasteiger partial charge in [-0.3, -0.25) is 0 Å². The Hall–Kier alpha value is 0.0700. The first-order chi connectivity index (χ1) is 6.27. The van der Waals surface area contributed by atoms with E-state index in [0.717, 1.165) is 15.6 Å². The van der Waals surface area contributed by atoms with E-state index < -0.39 is 0 Å². The fourth-order valence-corrected chi connectivity index (χ4v) is 2.18. The van der Waals surface area contributed by atoms with E-state index in [2.05, 4.69) is 48.2 Å². The van der Waals surface area contributed by atoms with Crippen molar-refractivity contribution < 1.29 is 0 Å². The summed E-state index contributed by atoms with van der Waals surface area (Å²) in [6.07, 6.45) is 4.41. The standard InChI is InChI=1S/C9H10Br2N2/c10-7-4-6(5-13-9(7)11)8-2-1-3-12-8/h4-5,8,12H,1-3H2/t8-/m1/s1. The quantitative estimate of drug-likeness (QED) is 0.807. The van der Waals surface area contributed by atoms with Crippen molar-refractivity contribution in [1.82, 2.24) is 10.3 Å². The number of hydrogen-bond acceptors (Lipinski definition) is 2. The van der Waals surface area contributed by atoms with Crippen LogP contribution in [0.2, 0.25) is 0 Å². The fraction of sp³-hybridized carbons (Fsp3) is 0.444. The van der Waals surface area contributed by atoms with Crippen LogP contribution in [-0.4, -0.2) is 11.5 Å². The van der Waals surface area contributed by atoms with Gasteiger partial charge in [-0.05, 0) is 62.9 Å². The van der Waals surface area contributed by atoms with Crippen molar-refractivity contribution in [2.24, 2.45) is 0 Å². The van der Waals surface area contributed by atoms with E-state index in [1.807, 2.05) is 6.20 Å². The molecule has 1 N–H and O–H groups in total. The molecule has 2 rings (SSSR count). The summed E-state index contributed by atoms with van der Waals surface area (Å²) in [6, 6.07) is 2.62. The Morgan fingerprint density at radius 1 is 1.46 bits per heavy atom. The van der Waals surface area contributed by atoms with Gasteiger partial charge >= 0.3 is 0 Å². The van der Waals surface area contributed by atoms with Gasteiger partial charge < -0.3 is 5.32 Å². The van der Waals surface area contributed by atoms with Gasteiger partial charge in [0, 0.05) is 12.2 Å². The lowest BCUT2D eigenvalue weighted by atomic mass is 10.1. The van der Waals surface area contributed by atoms with Crippen molar-refractivity contribution in [3.8, 4) is 0 Å². The van der Waals surface area contributed by atoms with Crippen LogP contribution in [0.15, 0.2) is 21.3 Å². The molecule has 0 spiro atoms. The molecule has 1 aromatic heterocycles. The summed E-state index contributed by atoms with van der Waals surface area (Å²) >= 11 is 6.82. The number of rotatable bonds is 1. The molecule has 1 fully saturated rings. The third-order valence-corrected chi connectivity index (χ3v) is 4.05. The lowest BCUT2D eigenvalue weighted by Gasteiger charge is -2.10. The summed E-state index contributed by atoms with van der Waals surface area (Å²) in [5.41, 5.74) is 1.27. The molecule has 0 saturated carbocycles. The average Bonchev–Trinajstić information content (AvgIpc) is 2.62. The third kappa shape index (κ3) is 2.11. The van der Waals surface area contributed by atoms with Gasteiger partial charge in [0.2, 0.25) is 0 Å². The molecule has 0 radical (unpaired) electrons. The molecule has 70 valence electrons. The van der Waals surface area contributed by atoms with E-state index in [1.54, 1.807) is 0 Å². The average molecular weight is 306 g/mol. The first kappa shape index (κ1) is 9.62. The second-order valence-corrected chi connectivity index (χ2v) is 4.80. The Morgan fingerprint density at radius 3 is 2.92 bits per heavy atom. The highest BCUT2D eigenvalue weighted by Gasteiger charge is 2.16. The second-order valence-electron chi connectivity index (χ2n) is 3.19. The maximum Gasteiger partial charge on any atom is 0.120 e. The number of halogens is 2. The Kier molecular flexibility index (Phi) is 3.01. The van der Waals surface area contributed by atoms with Crippen LogP contribution >= 0.6 is 31.9 Å². The molecule has 0 unspecified atom stereocenters. The monoisotopic (exact) mass is 304 g/mol. The summed E-state index contributed by atoms with van der Waals surface area (Å²) in [4.78, 5) is 4.25. The summed E-state index contributed by atoms with van der Waals surface area (Å²) in [7, 11) is 0. The summed E-state index contributed by atoms with van der Waals surface area (Å²) in [5, 5.41) is 3.44. The van der Waals surface area contributed by atoms with Crippen LogP contribution in [0.25, 0.3) is 0 Å². The summed E-state index contributed by atoms with van der Waals surface area (Å²) in [6.45, 7) is 1.12. The highest BCUT2D eigenvalue weighted by molar-refractivity contribution is 9.13. The zero-order chi connectivity index (χ0) is 9.26. The molecule has 1 atom stereocenters. The highest BCUT2D eigenvalue weighted by Crippen LogP contribution is 2.27. The van der Waals surface area contributed by atoms with Crippen molar-refractivity contribution >= 4 is 31.9 Å². The van der Waals surface area contributed by atoms with E-state index in [-0.39, 0.29) is 0 Å². The molecular weight excluding hydrogens is 296 g/mol. The molecule has 1 aliphatic heterocycles. The van der Waals surface area contributed by atoms with E-state index in [0.29, 0.717) is 6.04 Å². The molecule has 0 bridgehead atoms. The van der Waals surface area contributed by atoms with Gasteiger partial charge in [-0.15, -0.1) is 0 Å². The summed E-state index contributed by atoms with van der Waals surface area (Å²) in [5.74, 6) is 0. The normalized spacial score (nSPS) is 22.2. The minimum Gasteiger partial charge on any atom is -0.310 e. The lowest BCUT2D eigenvalue weighted by Crippen LogP contribution is -2.12. The molecule has 13 heavy (non-hydrogen) atoms. The van der Waals surface area contributed by atoms with E-state index in [4.69, 9.17) is 0 Å². The Balaban J connectivity index is 2.25. The predicted octanol–water partition coefficient (Wildman–Crippen LogP) is 3.03. The van der Waals surface area contributed by atoms with Gasteiger partial charge in [-0.1, -0.05) is 0 Å². The van der Waals surface area contributed by atoms with Crippen molar-refractivity contribution in [2.45, 2.75) is 18.9 Å². The van der Waals surface area contributed by atoms with Crippen LogP contribution in [0.1, 0.15) is 24.4 Å². The van der Waals surface area contributed by atoms with Crippen molar-refractivity contribution in [3.05, 3.63) is 26.9 Å². The van der Waals surface area contributed by atoms with Crippen LogP contribution in [-0.2, 0) is 0 Å². The lowest BCUT2D eigenvalue weighted by molar-refractivity contribution is 0.644. The number of nitrogens with one attached hydrogen (secondary N) is 1. The highest BCUT2D eigenvalue weighted by atomic mass is 79.9. The van der Waals surface area contributed by atoms with Crippen LogP contribution in [0.4, 0.5) is 0 Å².